The third kappa shape index (κ3) is 2.80. The van der Waals surface area contributed by atoms with E-state index in [-0.39, 0.29) is 12.3 Å². The molecule has 3 fully saturated rings. The predicted octanol–water partition coefficient (Wildman–Crippen LogP) is 0.604. The maximum atomic E-state index is 12.5. The number of ether oxygens (including phenoxy) is 2. The molecule has 0 bridgehead atoms. The molecule has 9 heteroatoms. The van der Waals surface area contributed by atoms with E-state index in [0.29, 0.717) is 25.9 Å². The maximum Gasteiger partial charge on any atom is 0.490 e. The SMILES string of the molecule is CCN1CC2(CCNCC2)OC2(CC2OC(=O)C(F)(F)F)C1=O. The van der Waals surface area contributed by atoms with Crippen LogP contribution in [0.25, 0.3) is 0 Å². The number of nitrogens with one attached hydrogen (secondary N) is 1. The Balaban J connectivity index is 1.78. The topological polar surface area (TPSA) is 67.9 Å². The van der Waals surface area contributed by atoms with Crippen molar-refractivity contribution in [2.75, 3.05) is 26.2 Å². The summed E-state index contributed by atoms with van der Waals surface area (Å²) < 4.78 is 47.6. The third-order valence-electron chi connectivity index (χ3n) is 4.75. The fourth-order valence-electron chi connectivity index (χ4n) is 3.43. The molecule has 3 rings (SSSR count). The van der Waals surface area contributed by atoms with Gasteiger partial charge in [0.25, 0.3) is 5.91 Å². The Hall–Kier alpha value is -1.35. The monoisotopic (exact) mass is 336 g/mol. The van der Waals surface area contributed by atoms with Crippen LogP contribution >= 0.6 is 0 Å². The second-order valence-electron chi connectivity index (χ2n) is 6.34. The summed E-state index contributed by atoms with van der Waals surface area (Å²) in [5.41, 5.74) is -2.01. The predicted molar refractivity (Wildman–Crippen MR) is 71.5 cm³/mol. The molecule has 0 aromatic carbocycles. The van der Waals surface area contributed by atoms with Gasteiger partial charge in [0.1, 0.15) is 6.10 Å². The average Bonchev–Trinajstić information content (AvgIpc) is 3.16. The van der Waals surface area contributed by atoms with Gasteiger partial charge in [0.15, 0.2) is 5.60 Å². The number of nitrogens with zero attached hydrogens (tertiary/aromatic N) is 1. The number of amides is 1. The third-order valence-corrected chi connectivity index (χ3v) is 4.75. The smallest absolute Gasteiger partial charge is 0.452 e. The number of morpholine rings is 1. The zero-order valence-corrected chi connectivity index (χ0v) is 12.7. The van der Waals surface area contributed by atoms with Crippen molar-refractivity contribution in [3.63, 3.8) is 0 Å². The number of hydrogen-bond acceptors (Lipinski definition) is 5. The summed E-state index contributed by atoms with van der Waals surface area (Å²) in [6.07, 6.45) is -4.92. The van der Waals surface area contributed by atoms with E-state index in [9.17, 15) is 22.8 Å². The number of likely N-dealkylation sites (N-methyl/N-ethyl adjacent to an activating group) is 1. The second kappa shape index (κ2) is 5.34. The van der Waals surface area contributed by atoms with Crippen molar-refractivity contribution in [1.82, 2.24) is 10.2 Å². The fourth-order valence-corrected chi connectivity index (χ4v) is 3.43. The highest BCUT2D eigenvalue weighted by molar-refractivity contribution is 5.91. The van der Waals surface area contributed by atoms with Gasteiger partial charge in [-0.3, -0.25) is 4.79 Å². The van der Waals surface area contributed by atoms with E-state index in [1.54, 1.807) is 4.90 Å². The van der Waals surface area contributed by atoms with Gasteiger partial charge in [-0.15, -0.1) is 0 Å². The zero-order chi connectivity index (χ0) is 16.9. The molecule has 2 unspecified atom stereocenters. The van der Waals surface area contributed by atoms with Crippen LogP contribution in [0.1, 0.15) is 26.2 Å². The van der Waals surface area contributed by atoms with Crippen molar-refractivity contribution in [3.8, 4) is 0 Å². The standard InChI is InChI=1S/C14H19F3N2O4/c1-2-19-8-12(3-5-18-6-4-12)23-13(10(19)20)7-9(13)22-11(21)14(15,16)17/h9,18H,2-8H2,1H3. The first-order valence-electron chi connectivity index (χ1n) is 7.70. The number of piperidine rings is 1. The average molecular weight is 336 g/mol. The van der Waals surface area contributed by atoms with Gasteiger partial charge in [0, 0.05) is 19.5 Å². The number of carbonyl (C=O) groups is 2. The molecule has 130 valence electrons. The van der Waals surface area contributed by atoms with Crippen LogP contribution in [0, 0.1) is 0 Å². The van der Waals surface area contributed by atoms with Crippen molar-refractivity contribution in [3.05, 3.63) is 0 Å². The quantitative estimate of drug-likeness (QED) is 0.748. The van der Waals surface area contributed by atoms with Crippen molar-refractivity contribution >= 4 is 11.9 Å². The van der Waals surface area contributed by atoms with Gasteiger partial charge in [0.05, 0.1) is 5.60 Å². The Morgan fingerprint density at radius 1 is 1.43 bits per heavy atom. The van der Waals surface area contributed by atoms with Gasteiger partial charge < -0.3 is 19.7 Å². The highest BCUT2D eigenvalue weighted by atomic mass is 19.4. The van der Waals surface area contributed by atoms with E-state index in [0.717, 1.165) is 13.1 Å². The van der Waals surface area contributed by atoms with E-state index in [1.165, 1.54) is 0 Å². The van der Waals surface area contributed by atoms with Crippen LogP contribution in [0.5, 0.6) is 0 Å². The van der Waals surface area contributed by atoms with Crippen LogP contribution in [0.2, 0.25) is 0 Å². The number of hydrogen-bond donors (Lipinski definition) is 1. The first kappa shape index (κ1) is 16.5. The van der Waals surface area contributed by atoms with E-state index < -0.39 is 29.5 Å². The molecular weight excluding hydrogens is 317 g/mol. The Bertz CT molecular complexity index is 519. The molecule has 0 aromatic heterocycles. The lowest BCUT2D eigenvalue weighted by Gasteiger charge is -2.48. The minimum absolute atomic E-state index is 0.0146. The van der Waals surface area contributed by atoms with Gasteiger partial charge >= 0.3 is 12.1 Å². The lowest BCUT2D eigenvalue weighted by Crippen LogP contribution is -2.63. The summed E-state index contributed by atoms with van der Waals surface area (Å²) in [7, 11) is 0. The summed E-state index contributed by atoms with van der Waals surface area (Å²) in [6.45, 7) is 4.11. The Morgan fingerprint density at radius 3 is 2.65 bits per heavy atom. The fraction of sp³-hybridized carbons (Fsp3) is 0.857. The molecule has 6 nitrogen and oxygen atoms in total. The van der Waals surface area contributed by atoms with E-state index in [4.69, 9.17) is 4.74 Å². The van der Waals surface area contributed by atoms with Crippen LogP contribution in [-0.4, -0.2) is 66.4 Å². The number of halogens is 3. The normalized spacial score (nSPS) is 33.1. The summed E-state index contributed by atoms with van der Waals surface area (Å²) in [5, 5.41) is 3.19. The Morgan fingerprint density at radius 2 is 2.09 bits per heavy atom. The number of carbonyl (C=O) groups excluding carboxylic acids is 2. The summed E-state index contributed by atoms with van der Waals surface area (Å²) in [4.78, 5) is 25.1. The molecule has 2 spiro atoms. The number of esters is 1. The Kier molecular flexibility index (Phi) is 3.83. The minimum Gasteiger partial charge on any atom is -0.452 e. The molecule has 1 amide bonds. The molecule has 3 aliphatic rings. The van der Waals surface area contributed by atoms with Crippen LogP contribution in [0.4, 0.5) is 13.2 Å². The molecular formula is C14H19F3N2O4. The lowest BCUT2D eigenvalue weighted by molar-refractivity contribution is -0.216. The van der Waals surface area contributed by atoms with Crippen LogP contribution < -0.4 is 5.32 Å². The summed E-state index contributed by atoms with van der Waals surface area (Å²) in [6, 6.07) is 0. The van der Waals surface area contributed by atoms with Gasteiger partial charge in [-0.2, -0.15) is 13.2 Å². The molecule has 2 aliphatic heterocycles. The van der Waals surface area contributed by atoms with Gasteiger partial charge in [-0.05, 0) is 32.9 Å². The van der Waals surface area contributed by atoms with Crippen molar-refractivity contribution in [2.24, 2.45) is 0 Å². The molecule has 0 radical (unpaired) electrons. The molecule has 2 heterocycles. The zero-order valence-electron chi connectivity index (χ0n) is 12.7. The highest BCUT2D eigenvalue weighted by Gasteiger charge is 2.71. The van der Waals surface area contributed by atoms with E-state index >= 15 is 0 Å². The Labute approximate surface area is 131 Å². The van der Waals surface area contributed by atoms with Crippen LogP contribution in [-0.2, 0) is 19.1 Å². The van der Waals surface area contributed by atoms with Crippen molar-refractivity contribution in [2.45, 2.75) is 49.7 Å². The maximum absolute atomic E-state index is 12.5. The van der Waals surface area contributed by atoms with Crippen LogP contribution in [0.3, 0.4) is 0 Å². The van der Waals surface area contributed by atoms with Gasteiger partial charge in [-0.25, -0.2) is 4.79 Å². The summed E-state index contributed by atoms with van der Waals surface area (Å²) >= 11 is 0. The van der Waals surface area contributed by atoms with Gasteiger partial charge in [0.2, 0.25) is 0 Å². The first-order chi connectivity index (χ1) is 10.7. The largest absolute Gasteiger partial charge is 0.490 e. The van der Waals surface area contributed by atoms with E-state index in [2.05, 4.69) is 10.1 Å². The summed E-state index contributed by atoms with van der Waals surface area (Å²) in [5.74, 6) is -2.66. The molecule has 0 aromatic rings. The molecule has 23 heavy (non-hydrogen) atoms. The lowest BCUT2D eigenvalue weighted by atomic mass is 9.89. The number of alkyl halides is 3. The highest BCUT2D eigenvalue weighted by Crippen LogP contribution is 2.51. The first-order valence-corrected chi connectivity index (χ1v) is 7.70. The van der Waals surface area contributed by atoms with Gasteiger partial charge in [-0.1, -0.05) is 0 Å². The molecule has 1 saturated carbocycles. The molecule has 1 N–H and O–H groups in total. The minimum atomic E-state index is -5.07. The molecule has 1 aliphatic carbocycles. The molecule has 2 atom stereocenters. The van der Waals surface area contributed by atoms with Crippen LogP contribution in [0.15, 0.2) is 0 Å². The van der Waals surface area contributed by atoms with Crippen molar-refractivity contribution < 1.29 is 32.2 Å². The number of rotatable bonds is 2. The van der Waals surface area contributed by atoms with E-state index in [1.807, 2.05) is 6.92 Å². The second-order valence-corrected chi connectivity index (χ2v) is 6.34. The van der Waals surface area contributed by atoms with Crippen molar-refractivity contribution in [1.29, 1.82) is 0 Å². The molecule has 2 saturated heterocycles.